The predicted octanol–water partition coefficient (Wildman–Crippen LogP) is 3.01. The van der Waals surface area contributed by atoms with Crippen LogP contribution in [0.1, 0.15) is 12.8 Å². The maximum Gasteiger partial charge on any atom is 0.319 e. The van der Waals surface area contributed by atoms with Crippen LogP contribution in [0.2, 0.25) is 0 Å². The van der Waals surface area contributed by atoms with Gasteiger partial charge in [0, 0.05) is 24.3 Å². The number of hydrogen-bond donors (Lipinski definition) is 2. The van der Waals surface area contributed by atoms with Gasteiger partial charge in [0.15, 0.2) is 0 Å². The highest BCUT2D eigenvalue weighted by atomic mass is 16.5. The third kappa shape index (κ3) is 4.73. The topological polar surface area (TPSA) is 70.7 Å². The van der Waals surface area contributed by atoms with Crippen molar-refractivity contribution in [3.05, 3.63) is 54.6 Å². The molecule has 0 unspecified atom stereocenters. The summed E-state index contributed by atoms with van der Waals surface area (Å²) < 4.78 is 5.51. The smallest absolute Gasteiger partial charge is 0.319 e. The Morgan fingerprint density at radius 2 is 1.84 bits per heavy atom. The summed E-state index contributed by atoms with van der Waals surface area (Å²) in [4.78, 5) is 25.4. The number of hydrogen-bond acceptors (Lipinski definition) is 3. The number of anilines is 2. The molecule has 0 aromatic heterocycles. The van der Waals surface area contributed by atoms with E-state index in [0.717, 1.165) is 24.4 Å². The van der Waals surface area contributed by atoms with E-state index in [9.17, 15) is 9.59 Å². The second kappa shape index (κ2) is 8.19. The van der Waals surface area contributed by atoms with E-state index < -0.39 is 0 Å². The molecule has 0 saturated carbocycles. The Morgan fingerprint density at radius 3 is 2.52 bits per heavy atom. The van der Waals surface area contributed by atoms with Crippen LogP contribution in [-0.4, -0.2) is 31.6 Å². The van der Waals surface area contributed by atoms with Crippen molar-refractivity contribution in [1.82, 2.24) is 5.32 Å². The summed E-state index contributed by atoms with van der Waals surface area (Å²) in [6.45, 7) is 1.56. The van der Waals surface area contributed by atoms with Gasteiger partial charge in [-0.15, -0.1) is 0 Å². The molecule has 25 heavy (non-hydrogen) atoms. The largest absolute Gasteiger partial charge is 0.492 e. The van der Waals surface area contributed by atoms with Crippen LogP contribution in [0.3, 0.4) is 0 Å². The van der Waals surface area contributed by atoms with Crippen molar-refractivity contribution < 1.29 is 14.3 Å². The summed E-state index contributed by atoms with van der Waals surface area (Å²) in [5, 5.41) is 5.50. The van der Waals surface area contributed by atoms with Gasteiger partial charge in [-0.05, 0) is 42.8 Å². The maximum atomic E-state index is 11.9. The first-order chi connectivity index (χ1) is 12.2. The highest BCUT2D eigenvalue weighted by Crippen LogP contribution is 2.22. The lowest BCUT2D eigenvalue weighted by Gasteiger charge is -2.16. The van der Waals surface area contributed by atoms with Gasteiger partial charge in [0.25, 0.3) is 0 Å². The maximum absolute atomic E-state index is 11.9. The molecule has 6 nitrogen and oxygen atoms in total. The number of nitrogens with zero attached hydrogens (tertiary/aromatic N) is 1. The molecule has 2 aromatic rings. The lowest BCUT2D eigenvalue weighted by molar-refractivity contribution is -0.117. The molecule has 3 amide bonds. The molecule has 2 N–H and O–H groups in total. The molecule has 0 atom stereocenters. The SMILES string of the molecule is O=C(NCCOc1ccccc1)Nc1ccc(N2CCCC2=O)cc1. The zero-order valence-electron chi connectivity index (χ0n) is 13.9. The van der Waals surface area contributed by atoms with Gasteiger partial charge in [0.05, 0.1) is 6.54 Å². The molecule has 0 radical (unpaired) electrons. The van der Waals surface area contributed by atoms with E-state index in [1.165, 1.54) is 0 Å². The highest BCUT2D eigenvalue weighted by Gasteiger charge is 2.21. The Hall–Kier alpha value is -3.02. The third-order valence-corrected chi connectivity index (χ3v) is 3.91. The fraction of sp³-hybridized carbons (Fsp3) is 0.263. The zero-order valence-corrected chi connectivity index (χ0v) is 13.9. The van der Waals surface area contributed by atoms with Gasteiger partial charge >= 0.3 is 6.03 Å². The summed E-state index contributed by atoms with van der Waals surface area (Å²) in [7, 11) is 0. The summed E-state index contributed by atoms with van der Waals surface area (Å²) in [5.41, 5.74) is 1.54. The fourth-order valence-corrected chi connectivity index (χ4v) is 2.67. The monoisotopic (exact) mass is 339 g/mol. The van der Waals surface area contributed by atoms with Gasteiger partial charge < -0.3 is 20.3 Å². The van der Waals surface area contributed by atoms with Crippen LogP contribution >= 0.6 is 0 Å². The number of para-hydroxylation sites is 1. The predicted molar refractivity (Wildman–Crippen MR) is 97.0 cm³/mol. The molecular weight excluding hydrogens is 318 g/mol. The van der Waals surface area contributed by atoms with Gasteiger partial charge in [-0.2, -0.15) is 0 Å². The summed E-state index contributed by atoms with van der Waals surface area (Å²) in [5.74, 6) is 0.925. The van der Waals surface area contributed by atoms with E-state index in [1.807, 2.05) is 42.5 Å². The minimum Gasteiger partial charge on any atom is -0.492 e. The Morgan fingerprint density at radius 1 is 1.08 bits per heavy atom. The van der Waals surface area contributed by atoms with Gasteiger partial charge in [-0.3, -0.25) is 4.79 Å². The van der Waals surface area contributed by atoms with Crippen LogP contribution in [0, 0.1) is 0 Å². The summed E-state index contributed by atoms with van der Waals surface area (Å²) in [6, 6.07) is 16.4. The van der Waals surface area contributed by atoms with Gasteiger partial charge in [-0.1, -0.05) is 18.2 Å². The quantitative estimate of drug-likeness (QED) is 0.795. The number of amides is 3. The Kier molecular flexibility index (Phi) is 5.51. The summed E-state index contributed by atoms with van der Waals surface area (Å²) >= 11 is 0. The first-order valence-corrected chi connectivity index (χ1v) is 8.35. The van der Waals surface area contributed by atoms with Crippen LogP contribution in [-0.2, 0) is 4.79 Å². The van der Waals surface area contributed by atoms with Crippen LogP contribution in [0.15, 0.2) is 54.6 Å². The van der Waals surface area contributed by atoms with Crippen LogP contribution in [0.5, 0.6) is 5.75 Å². The number of ether oxygens (including phenoxy) is 1. The first-order valence-electron chi connectivity index (χ1n) is 8.35. The number of benzene rings is 2. The van der Waals surface area contributed by atoms with E-state index in [-0.39, 0.29) is 11.9 Å². The second-order valence-corrected chi connectivity index (χ2v) is 5.74. The molecule has 1 aliphatic rings. The van der Waals surface area contributed by atoms with Crippen LogP contribution < -0.4 is 20.3 Å². The standard InChI is InChI=1S/C19H21N3O3/c23-18-7-4-13-22(18)16-10-8-15(9-11-16)21-19(24)20-12-14-25-17-5-2-1-3-6-17/h1-3,5-6,8-11H,4,7,12-14H2,(H2,20,21,24). The molecule has 0 spiro atoms. The van der Waals surface area contributed by atoms with E-state index in [2.05, 4.69) is 10.6 Å². The normalized spacial score (nSPS) is 13.6. The fourth-order valence-electron chi connectivity index (χ4n) is 2.67. The minimum absolute atomic E-state index is 0.150. The van der Waals surface area contributed by atoms with Crippen molar-refractivity contribution in [3.63, 3.8) is 0 Å². The van der Waals surface area contributed by atoms with Crippen molar-refractivity contribution in [2.45, 2.75) is 12.8 Å². The number of rotatable bonds is 6. The molecule has 1 saturated heterocycles. The van der Waals surface area contributed by atoms with E-state index in [1.54, 1.807) is 17.0 Å². The van der Waals surface area contributed by atoms with Crippen LogP contribution in [0.4, 0.5) is 16.2 Å². The third-order valence-electron chi connectivity index (χ3n) is 3.91. The Labute approximate surface area is 146 Å². The molecular formula is C19H21N3O3. The number of urea groups is 1. The summed E-state index contributed by atoms with van der Waals surface area (Å²) in [6.07, 6.45) is 1.50. The molecule has 130 valence electrons. The van der Waals surface area contributed by atoms with Crippen molar-refractivity contribution >= 4 is 23.3 Å². The van der Waals surface area contributed by atoms with Crippen LogP contribution in [0.25, 0.3) is 0 Å². The molecule has 0 bridgehead atoms. The molecule has 6 heteroatoms. The van der Waals surface area contributed by atoms with Crippen molar-refractivity contribution in [1.29, 1.82) is 0 Å². The minimum atomic E-state index is -0.290. The van der Waals surface area contributed by atoms with E-state index >= 15 is 0 Å². The van der Waals surface area contributed by atoms with Crippen molar-refractivity contribution in [3.8, 4) is 5.75 Å². The second-order valence-electron chi connectivity index (χ2n) is 5.74. The number of nitrogens with one attached hydrogen (secondary N) is 2. The average molecular weight is 339 g/mol. The van der Waals surface area contributed by atoms with Gasteiger partial charge in [0.1, 0.15) is 12.4 Å². The highest BCUT2D eigenvalue weighted by molar-refractivity contribution is 5.96. The molecule has 1 heterocycles. The number of carbonyl (C=O) groups is 2. The number of carbonyl (C=O) groups excluding carboxylic acids is 2. The zero-order chi connectivity index (χ0) is 17.5. The lowest BCUT2D eigenvalue weighted by atomic mass is 10.2. The lowest BCUT2D eigenvalue weighted by Crippen LogP contribution is -2.32. The molecule has 3 rings (SSSR count). The van der Waals surface area contributed by atoms with Gasteiger partial charge in [-0.25, -0.2) is 4.79 Å². The molecule has 2 aromatic carbocycles. The van der Waals surface area contributed by atoms with E-state index in [4.69, 9.17) is 4.74 Å². The van der Waals surface area contributed by atoms with E-state index in [0.29, 0.717) is 25.3 Å². The molecule has 0 aliphatic carbocycles. The Balaban J connectivity index is 1.41. The molecule has 1 fully saturated rings. The average Bonchev–Trinajstić information content (AvgIpc) is 3.06. The first kappa shape index (κ1) is 16.8. The van der Waals surface area contributed by atoms with Crippen molar-refractivity contribution in [2.24, 2.45) is 0 Å². The molecule has 1 aliphatic heterocycles. The van der Waals surface area contributed by atoms with Crippen molar-refractivity contribution in [2.75, 3.05) is 29.9 Å². The Bertz CT molecular complexity index is 716. The van der Waals surface area contributed by atoms with Gasteiger partial charge in [0.2, 0.25) is 5.91 Å².